The fourth-order valence-corrected chi connectivity index (χ4v) is 2.68. The summed E-state index contributed by atoms with van der Waals surface area (Å²) >= 11 is 5.78. The molecule has 0 spiro atoms. The number of benzene rings is 2. The smallest absolute Gasteiger partial charge is 0.259 e. The van der Waals surface area contributed by atoms with Gasteiger partial charge in [0.15, 0.2) is 0 Å². The fourth-order valence-electron chi connectivity index (χ4n) is 2.55. The maximum absolute atomic E-state index is 11.9. The Hall–Kier alpha value is -3.12. The van der Waals surface area contributed by atoms with Gasteiger partial charge in [-0.1, -0.05) is 29.8 Å². The molecule has 26 heavy (non-hydrogen) atoms. The highest BCUT2D eigenvalue weighted by atomic mass is 35.5. The van der Waals surface area contributed by atoms with Crippen LogP contribution in [0.3, 0.4) is 0 Å². The van der Waals surface area contributed by atoms with E-state index in [0.29, 0.717) is 10.6 Å². The lowest BCUT2D eigenvalue weighted by Gasteiger charge is -2.04. The molecule has 0 saturated carbocycles. The lowest BCUT2D eigenvalue weighted by molar-refractivity contribution is -0.120. The van der Waals surface area contributed by atoms with Crippen LogP contribution in [0.25, 0.3) is 10.9 Å². The Morgan fingerprint density at radius 3 is 2.65 bits per heavy atom. The van der Waals surface area contributed by atoms with E-state index in [2.05, 4.69) is 15.8 Å². The number of rotatable bonds is 5. The average Bonchev–Trinajstić information content (AvgIpc) is 2.97. The number of halogens is 1. The zero-order chi connectivity index (χ0) is 18.5. The number of hydrogen-bond donors (Lipinski definition) is 2. The largest absolute Gasteiger partial charge is 0.350 e. The van der Waals surface area contributed by atoms with Gasteiger partial charge in [-0.15, -0.1) is 0 Å². The van der Waals surface area contributed by atoms with Crippen LogP contribution in [0.5, 0.6) is 0 Å². The van der Waals surface area contributed by atoms with Gasteiger partial charge in [0, 0.05) is 40.3 Å². The molecule has 3 rings (SSSR count). The first kappa shape index (κ1) is 17.7. The lowest BCUT2D eigenvalue weighted by atomic mass is 10.2. The minimum Gasteiger partial charge on any atom is -0.350 e. The van der Waals surface area contributed by atoms with Crippen molar-refractivity contribution in [1.29, 1.82) is 0 Å². The molecule has 1 aromatic heterocycles. The van der Waals surface area contributed by atoms with Gasteiger partial charge in [-0.05, 0) is 30.3 Å². The molecular weight excluding hydrogens is 352 g/mol. The predicted molar refractivity (Wildman–Crippen MR) is 102 cm³/mol. The van der Waals surface area contributed by atoms with Crippen LogP contribution in [0.1, 0.15) is 15.9 Å². The van der Waals surface area contributed by atoms with Crippen molar-refractivity contribution < 1.29 is 9.59 Å². The second kappa shape index (κ2) is 7.84. The van der Waals surface area contributed by atoms with E-state index in [0.717, 1.165) is 16.5 Å². The van der Waals surface area contributed by atoms with E-state index in [1.807, 2.05) is 42.1 Å². The second-order valence-corrected chi connectivity index (χ2v) is 6.13. The van der Waals surface area contributed by atoms with Gasteiger partial charge in [0.2, 0.25) is 0 Å². The normalized spacial score (nSPS) is 11.0. The van der Waals surface area contributed by atoms with Gasteiger partial charge < -0.3 is 9.88 Å². The molecular formula is C19H17ClN4O2. The Labute approximate surface area is 155 Å². The maximum Gasteiger partial charge on any atom is 0.259 e. The highest BCUT2D eigenvalue weighted by molar-refractivity contribution is 6.30. The molecule has 0 aliphatic heterocycles. The number of carbonyl (C=O) groups excluding carboxylic acids is 2. The maximum atomic E-state index is 11.9. The third-order valence-corrected chi connectivity index (χ3v) is 4.09. The van der Waals surface area contributed by atoms with Crippen molar-refractivity contribution in [2.24, 2.45) is 12.1 Å². The summed E-state index contributed by atoms with van der Waals surface area (Å²) < 4.78 is 1.99. The Bertz CT molecular complexity index is 977. The van der Waals surface area contributed by atoms with Crippen molar-refractivity contribution >= 4 is 40.5 Å². The van der Waals surface area contributed by atoms with E-state index < -0.39 is 5.91 Å². The molecule has 2 N–H and O–H groups in total. The van der Waals surface area contributed by atoms with Crippen molar-refractivity contribution in [2.45, 2.75) is 0 Å². The molecule has 132 valence electrons. The van der Waals surface area contributed by atoms with Crippen LogP contribution in [0.2, 0.25) is 5.02 Å². The first-order chi connectivity index (χ1) is 12.5. The first-order valence-corrected chi connectivity index (χ1v) is 8.32. The quantitative estimate of drug-likeness (QED) is 0.536. The van der Waals surface area contributed by atoms with Gasteiger partial charge in [0.25, 0.3) is 11.8 Å². The number of amides is 2. The molecule has 0 bridgehead atoms. The summed E-state index contributed by atoms with van der Waals surface area (Å²) in [5.41, 5.74) is 4.81. The van der Waals surface area contributed by atoms with Crippen LogP contribution in [0, 0.1) is 0 Å². The molecule has 7 heteroatoms. The van der Waals surface area contributed by atoms with Crippen molar-refractivity contribution in [1.82, 2.24) is 15.3 Å². The van der Waals surface area contributed by atoms with E-state index in [-0.39, 0.29) is 12.5 Å². The molecule has 0 fully saturated rings. The molecule has 0 unspecified atom stereocenters. The summed E-state index contributed by atoms with van der Waals surface area (Å²) in [5.74, 6) is -0.765. The fraction of sp³-hybridized carbons (Fsp3) is 0.105. The molecule has 1 heterocycles. The Kier molecular flexibility index (Phi) is 5.34. The lowest BCUT2D eigenvalue weighted by Crippen LogP contribution is -2.34. The van der Waals surface area contributed by atoms with Crippen LogP contribution < -0.4 is 10.7 Å². The molecule has 2 amide bonds. The molecule has 0 atom stereocenters. The topological polar surface area (TPSA) is 75.5 Å². The molecule has 6 nitrogen and oxygen atoms in total. The van der Waals surface area contributed by atoms with Crippen LogP contribution in [-0.2, 0) is 11.8 Å². The minimum atomic E-state index is -0.413. The van der Waals surface area contributed by atoms with E-state index in [9.17, 15) is 9.59 Å². The van der Waals surface area contributed by atoms with Gasteiger partial charge >= 0.3 is 0 Å². The summed E-state index contributed by atoms with van der Waals surface area (Å²) in [4.78, 5) is 23.8. The Morgan fingerprint density at radius 2 is 1.88 bits per heavy atom. The molecule has 0 saturated heterocycles. The number of para-hydroxylation sites is 1. The monoisotopic (exact) mass is 368 g/mol. The molecule has 0 aliphatic carbocycles. The van der Waals surface area contributed by atoms with Crippen LogP contribution in [0.15, 0.2) is 59.8 Å². The number of aryl methyl sites for hydroxylation is 1. The number of hydrogen-bond acceptors (Lipinski definition) is 3. The minimum absolute atomic E-state index is 0.172. The van der Waals surface area contributed by atoms with Gasteiger partial charge in [0.1, 0.15) is 0 Å². The summed E-state index contributed by atoms with van der Waals surface area (Å²) in [6.07, 6.45) is 3.52. The van der Waals surface area contributed by atoms with Crippen LogP contribution in [0.4, 0.5) is 0 Å². The summed E-state index contributed by atoms with van der Waals surface area (Å²) in [7, 11) is 1.95. The first-order valence-electron chi connectivity index (χ1n) is 7.94. The van der Waals surface area contributed by atoms with Crippen molar-refractivity contribution in [3.05, 3.63) is 70.9 Å². The van der Waals surface area contributed by atoms with Crippen LogP contribution in [-0.4, -0.2) is 29.1 Å². The standard InChI is InChI=1S/C19H17ClN4O2/c1-24-12-14(16-4-2-3-5-17(16)24)10-22-23-18(25)11-21-19(26)13-6-8-15(20)9-7-13/h2-10,12H,11H2,1H3,(H,21,26)(H,23,25)/b22-10+. The molecule has 0 aliphatic rings. The van der Waals surface area contributed by atoms with Crippen molar-refractivity contribution in [2.75, 3.05) is 6.54 Å². The van der Waals surface area contributed by atoms with Gasteiger partial charge in [0.05, 0.1) is 12.8 Å². The van der Waals surface area contributed by atoms with E-state index in [1.54, 1.807) is 30.5 Å². The Balaban J connectivity index is 1.54. The second-order valence-electron chi connectivity index (χ2n) is 5.70. The predicted octanol–water partition coefficient (Wildman–Crippen LogP) is 2.71. The zero-order valence-electron chi connectivity index (χ0n) is 14.1. The van der Waals surface area contributed by atoms with E-state index >= 15 is 0 Å². The number of hydrazone groups is 1. The van der Waals surface area contributed by atoms with Gasteiger partial charge in [-0.2, -0.15) is 5.10 Å². The number of nitrogens with zero attached hydrogens (tertiary/aromatic N) is 2. The zero-order valence-corrected chi connectivity index (χ0v) is 14.8. The third-order valence-electron chi connectivity index (χ3n) is 3.84. The summed E-state index contributed by atoms with van der Waals surface area (Å²) in [6.45, 7) is -0.172. The highest BCUT2D eigenvalue weighted by Crippen LogP contribution is 2.18. The summed E-state index contributed by atoms with van der Waals surface area (Å²) in [6, 6.07) is 14.3. The molecule has 0 radical (unpaired) electrons. The van der Waals surface area contributed by atoms with E-state index in [4.69, 9.17) is 11.6 Å². The van der Waals surface area contributed by atoms with Gasteiger partial charge in [-0.25, -0.2) is 5.43 Å². The Morgan fingerprint density at radius 1 is 1.15 bits per heavy atom. The SMILES string of the molecule is Cn1cc(/C=N/NC(=O)CNC(=O)c2ccc(Cl)cc2)c2ccccc21. The highest BCUT2D eigenvalue weighted by Gasteiger charge is 2.08. The summed E-state index contributed by atoms with van der Waals surface area (Å²) in [5, 5.41) is 8.08. The average molecular weight is 369 g/mol. The number of nitrogens with one attached hydrogen (secondary N) is 2. The third kappa shape index (κ3) is 4.10. The van der Waals surface area contributed by atoms with Crippen LogP contribution >= 0.6 is 11.6 Å². The molecule has 3 aromatic rings. The number of fused-ring (bicyclic) bond motifs is 1. The molecule has 2 aromatic carbocycles. The number of aromatic nitrogens is 1. The van der Waals surface area contributed by atoms with E-state index in [1.165, 1.54) is 0 Å². The van der Waals surface area contributed by atoms with Crippen molar-refractivity contribution in [3.63, 3.8) is 0 Å². The number of carbonyl (C=O) groups is 2. The van der Waals surface area contributed by atoms with Crippen molar-refractivity contribution in [3.8, 4) is 0 Å². The van der Waals surface area contributed by atoms with Gasteiger partial charge in [-0.3, -0.25) is 9.59 Å².